The molecule has 0 unspecified atom stereocenters. The molecular weight excluding hydrogens is 179 g/mol. The SMILES string of the molecule is CCO[P+](O)(OCC)OC(C)C. The minimum atomic E-state index is -3.03. The van der Waals surface area contributed by atoms with E-state index in [-0.39, 0.29) is 6.10 Å². The van der Waals surface area contributed by atoms with E-state index >= 15 is 0 Å². The molecule has 0 rings (SSSR count). The minimum absolute atomic E-state index is 0.0959. The van der Waals surface area contributed by atoms with Gasteiger partial charge in [-0.05, 0) is 27.7 Å². The smallest absolute Gasteiger partial charge is 0.168 e. The Morgan fingerprint density at radius 1 is 1.17 bits per heavy atom. The van der Waals surface area contributed by atoms with Gasteiger partial charge in [0.05, 0.1) is 13.2 Å². The van der Waals surface area contributed by atoms with Crippen LogP contribution in [0.3, 0.4) is 0 Å². The quantitative estimate of drug-likeness (QED) is 0.663. The molecule has 0 bridgehead atoms. The Kier molecular flexibility index (Phi) is 5.97. The molecule has 5 heteroatoms. The van der Waals surface area contributed by atoms with Gasteiger partial charge in [-0.1, -0.05) is 0 Å². The fourth-order valence-electron chi connectivity index (χ4n) is 0.691. The van der Waals surface area contributed by atoms with Gasteiger partial charge in [-0.25, -0.2) is 0 Å². The van der Waals surface area contributed by atoms with Gasteiger partial charge in [-0.3, -0.25) is 0 Å². The van der Waals surface area contributed by atoms with Gasteiger partial charge in [0.15, 0.2) is 0 Å². The van der Waals surface area contributed by atoms with E-state index in [0.29, 0.717) is 13.2 Å². The monoisotopic (exact) mass is 197 g/mol. The predicted octanol–water partition coefficient (Wildman–Crippen LogP) is 2.15. The van der Waals surface area contributed by atoms with Crippen LogP contribution in [0.1, 0.15) is 27.7 Å². The Hall–Kier alpha value is 0.270. The van der Waals surface area contributed by atoms with Gasteiger partial charge in [0, 0.05) is 0 Å². The third kappa shape index (κ3) is 5.01. The summed E-state index contributed by atoms with van der Waals surface area (Å²) in [5.74, 6) is 0. The van der Waals surface area contributed by atoms with Crippen molar-refractivity contribution in [2.45, 2.75) is 33.8 Å². The largest absolute Gasteiger partial charge is 0.572 e. The molecule has 0 aliphatic heterocycles. The fourth-order valence-corrected chi connectivity index (χ4v) is 2.07. The van der Waals surface area contributed by atoms with Gasteiger partial charge >= 0.3 is 8.17 Å². The molecule has 0 fully saturated rings. The van der Waals surface area contributed by atoms with E-state index in [0.717, 1.165) is 0 Å². The first-order valence-corrected chi connectivity index (χ1v) is 5.63. The minimum Gasteiger partial charge on any atom is -0.168 e. The maximum absolute atomic E-state index is 9.63. The van der Waals surface area contributed by atoms with Crippen molar-refractivity contribution in [3.8, 4) is 0 Å². The molecule has 0 aliphatic carbocycles. The highest BCUT2D eigenvalue weighted by Crippen LogP contribution is 2.58. The lowest BCUT2D eigenvalue weighted by molar-refractivity contribution is 0.0673. The molecule has 0 heterocycles. The zero-order valence-electron chi connectivity index (χ0n) is 8.11. The van der Waals surface area contributed by atoms with Gasteiger partial charge < -0.3 is 0 Å². The van der Waals surface area contributed by atoms with Crippen LogP contribution in [0, 0.1) is 0 Å². The van der Waals surface area contributed by atoms with Gasteiger partial charge in [0.1, 0.15) is 6.10 Å². The van der Waals surface area contributed by atoms with E-state index in [2.05, 4.69) is 0 Å². The van der Waals surface area contributed by atoms with Gasteiger partial charge in [-0.15, -0.1) is 0 Å². The molecule has 0 saturated carbocycles. The number of hydrogen-bond donors (Lipinski definition) is 1. The van der Waals surface area contributed by atoms with Crippen LogP contribution in [0.4, 0.5) is 0 Å². The van der Waals surface area contributed by atoms with Crippen LogP contribution >= 0.6 is 8.17 Å². The van der Waals surface area contributed by atoms with E-state index in [1.165, 1.54) is 0 Å². The molecule has 4 nitrogen and oxygen atoms in total. The maximum atomic E-state index is 9.63. The van der Waals surface area contributed by atoms with Crippen molar-refractivity contribution in [2.24, 2.45) is 0 Å². The van der Waals surface area contributed by atoms with Crippen LogP contribution in [-0.2, 0) is 13.6 Å². The summed E-state index contributed by atoms with van der Waals surface area (Å²) in [6.07, 6.45) is -0.0959. The lowest BCUT2D eigenvalue weighted by Crippen LogP contribution is -2.11. The number of hydrogen-bond acceptors (Lipinski definition) is 4. The summed E-state index contributed by atoms with van der Waals surface area (Å²) < 4.78 is 15.1. The number of rotatable bonds is 6. The molecule has 1 N–H and O–H groups in total. The summed E-state index contributed by atoms with van der Waals surface area (Å²) in [6, 6.07) is 0. The molecule has 0 aliphatic rings. The second kappa shape index (κ2) is 5.84. The zero-order chi connectivity index (χ0) is 9.61. The highest BCUT2D eigenvalue weighted by Gasteiger charge is 2.44. The molecule has 0 saturated heterocycles. The Labute approximate surface area is 74.5 Å². The van der Waals surface area contributed by atoms with Crippen LogP contribution in [0.2, 0.25) is 0 Å². The van der Waals surface area contributed by atoms with Crippen molar-refractivity contribution in [3.63, 3.8) is 0 Å². The molecule has 0 atom stereocenters. The average Bonchev–Trinajstić information content (AvgIpc) is 1.85. The maximum Gasteiger partial charge on any atom is 0.572 e. The molecule has 74 valence electrons. The summed E-state index contributed by atoms with van der Waals surface area (Å²) in [6.45, 7) is 7.99. The van der Waals surface area contributed by atoms with Crippen LogP contribution in [-0.4, -0.2) is 24.2 Å². The molecule has 0 radical (unpaired) electrons. The zero-order valence-corrected chi connectivity index (χ0v) is 9.01. The van der Waals surface area contributed by atoms with Crippen molar-refractivity contribution in [1.82, 2.24) is 0 Å². The topological polar surface area (TPSA) is 47.9 Å². The van der Waals surface area contributed by atoms with E-state index in [4.69, 9.17) is 13.6 Å². The molecule has 0 aromatic carbocycles. The second-order valence-electron chi connectivity index (χ2n) is 2.46. The Balaban J connectivity index is 3.98. The highest BCUT2D eigenvalue weighted by atomic mass is 31.2. The Morgan fingerprint density at radius 2 is 1.58 bits per heavy atom. The first-order chi connectivity index (χ1) is 5.54. The molecule has 0 aromatic rings. The van der Waals surface area contributed by atoms with Gasteiger partial charge in [0.2, 0.25) is 0 Å². The third-order valence-electron chi connectivity index (χ3n) is 0.929. The van der Waals surface area contributed by atoms with Crippen LogP contribution < -0.4 is 0 Å². The summed E-state index contributed by atoms with van der Waals surface area (Å²) >= 11 is 0. The predicted molar refractivity (Wildman–Crippen MR) is 48.6 cm³/mol. The van der Waals surface area contributed by atoms with E-state index in [1.807, 2.05) is 13.8 Å². The van der Waals surface area contributed by atoms with Crippen LogP contribution in [0.15, 0.2) is 0 Å². The van der Waals surface area contributed by atoms with Crippen molar-refractivity contribution in [1.29, 1.82) is 0 Å². The first kappa shape index (κ1) is 12.3. The molecule has 0 aromatic heterocycles. The summed E-state index contributed by atoms with van der Waals surface area (Å²) in [4.78, 5) is 9.63. The lowest BCUT2D eigenvalue weighted by Gasteiger charge is -2.14. The Morgan fingerprint density at radius 3 is 1.83 bits per heavy atom. The van der Waals surface area contributed by atoms with Crippen molar-refractivity contribution < 1.29 is 18.5 Å². The van der Waals surface area contributed by atoms with Crippen molar-refractivity contribution in [2.75, 3.05) is 13.2 Å². The van der Waals surface area contributed by atoms with Crippen molar-refractivity contribution >= 4 is 8.17 Å². The summed E-state index contributed by atoms with van der Waals surface area (Å²) in [7, 11) is -3.03. The fraction of sp³-hybridized carbons (Fsp3) is 1.00. The third-order valence-corrected chi connectivity index (χ3v) is 2.79. The van der Waals surface area contributed by atoms with E-state index < -0.39 is 8.17 Å². The molecule has 0 amide bonds. The van der Waals surface area contributed by atoms with Gasteiger partial charge in [0.25, 0.3) is 0 Å². The Bertz CT molecular complexity index is 112. The van der Waals surface area contributed by atoms with E-state index in [9.17, 15) is 4.89 Å². The average molecular weight is 197 g/mol. The van der Waals surface area contributed by atoms with Crippen LogP contribution in [0.25, 0.3) is 0 Å². The van der Waals surface area contributed by atoms with Gasteiger partial charge in [-0.2, -0.15) is 18.5 Å². The molecule has 12 heavy (non-hydrogen) atoms. The first-order valence-electron chi connectivity index (χ1n) is 4.13. The van der Waals surface area contributed by atoms with E-state index in [1.54, 1.807) is 13.8 Å². The normalized spacial score (nSPS) is 12.5. The molecule has 0 spiro atoms. The summed E-state index contributed by atoms with van der Waals surface area (Å²) in [5.41, 5.74) is 0. The second-order valence-corrected chi connectivity index (χ2v) is 4.12. The standard InChI is InChI=1S/C7H18O4P/c1-5-9-12(8,10-6-2)11-7(3)4/h7-8H,5-6H2,1-4H3/q+1. The lowest BCUT2D eigenvalue weighted by atomic mass is 10.5. The highest BCUT2D eigenvalue weighted by molar-refractivity contribution is 7.55. The summed E-state index contributed by atoms with van der Waals surface area (Å²) in [5, 5.41) is 0. The van der Waals surface area contributed by atoms with Crippen LogP contribution in [0.5, 0.6) is 0 Å². The van der Waals surface area contributed by atoms with Crippen molar-refractivity contribution in [3.05, 3.63) is 0 Å². The molecular formula is C7H18O4P+.